The van der Waals surface area contributed by atoms with E-state index in [2.05, 4.69) is 26.3 Å². The van der Waals surface area contributed by atoms with Gasteiger partial charge in [0.25, 0.3) is 0 Å². The minimum Gasteiger partial charge on any atom is -0.324 e. The van der Waals surface area contributed by atoms with Crippen LogP contribution in [0.25, 0.3) is 11.3 Å². The fraction of sp³-hybridized carbons (Fsp3) is 0. The fourth-order valence-corrected chi connectivity index (χ4v) is 1.69. The summed E-state index contributed by atoms with van der Waals surface area (Å²) in [5.41, 5.74) is 2.71. The van der Waals surface area contributed by atoms with Crippen molar-refractivity contribution < 1.29 is 0 Å². The first kappa shape index (κ1) is 11.3. The van der Waals surface area contributed by atoms with E-state index in [1.54, 1.807) is 18.6 Å². The molecule has 2 heterocycles. The van der Waals surface area contributed by atoms with Crippen molar-refractivity contribution in [3.63, 3.8) is 0 Å². The third-order valence-corrected chi connectivity index (χ3v) is 2.58. The van der Waals surface area contributed by atoms with E-state index in [9.17, 15) is 0 Å². The summed E-state index contributed by atoms with van der Waals surface area (Å²) in [6.07, 6.45) is 5.25. The normalized spacial score (nSPS) is 10.1. The Kier molecular flexibility index (Phi) is 3.14. The molecule has 0 bridgehead atoms. The summed E-state index contributed by atoms with van der Waals surface area (Å²) < 4.78 is 0. The number of pyridine rings is 1. The van der Waals surface area contributed by atoms with Gasteiger partial charge in [0.1, 0.15) is 0 Å². The summed E-state index contributed by atoms with van der Waals surface area (Å²) >= 11 is 0. The third kappa shape index (κ3) is 2.74. The lowest BCUT2D eigenvalue weighted by molar-refractivity contribution is 1.16. The van der Waals surface area contributed by atoms with Crippen LogP contribution in [0.3, 0.4) is 0 Å². The van der Waals surface area contributed by atoms with Crippen LogP contribution in [0.4, 0.5) is 11.6 Å². The fourth-order valence-electron chi connectivity index (χ4n) is 1.69. The highest BCUT2D eigenvalue weighted by atomic mass is 15.1. The maximum Gasteiger partial charge on any atom is 0.227 e. The molecule has 0 aliphatic rings. The molecule has 0 unspecified atom stereocenters. The Morgan fingerprint density at radius 1 is 1.05 bits per heavy atom. The van der Waals surface area contributed by atoms with Crippen LogP contribution in [0, 0.1) is 6.07 Å². The van der Waals surface area contributed by atoms with Gasteiger partial charge in [-0.15, -0.1) is 0 Å². The number of nitrogens with zero attached hydrogens (tertiary/aromatic N) is 3. The molecule has 1 radical (unpaired) electrons. The Morgan fingerprint density at radius 2 is 2.05 bits per heavy atom. The van der Waals surface area contributed by atoms with Gasteiger partial charge in [-0.05, 0) is 36.4 Å². The molecule has 0 fully saturated rings. The predicted molar refractivity (Wildman–Crippen MR) is 73.8 cm³/mol. The molecule has 4 heteroatoms. The van der Waals surface area contributed by atoms with Gasteiger partial charge < -0.3 is 5.32 Å². The van der Waals surface area contributed by atoms with Crippen molar-refractivity contribution in [3.05, 3.63) is 67.1 Å². The molecule has 0 saturated heterocycles. The van der Waals surface area contributed by atoms with E-state index in [4.69, 9.17) is 0 Å². The van der Waals surface area contributed by atoms with E-state index in [0.717, 1.165) is 16.9 Å². The zero-order valence-corrected chi connectivity index (χ0v) is 10.1. The zero-order valence-electron chi connectivity index (χ0n) is 10.1. The van der Waals surface area contributed by atoms with E-state index in [1.807, 2.05) is 42.5 Å². The first-order valence-electron chi connectivity index (χ1n) is 5.88. The van der Waals surface area contributed by atoms with Crippen molar-refractivity contribution in [2.45, 2.75) is 0 Å². The van der Waals surface area contributed by atoms with Crippen molar-refractivity contribution in [2.75, 3.05) is 5.32 Å². The standard InChI is InChI=1S/C15H11N4/c1-2-6-13(7-3-1)18-15-17-10-8-14(19-15)12-5-4-9-16-11-12/h1-2,4-11H,(H,17,18,19). The Balaban J connectivity index is 1.89. The van der Waals surface area contributed by atoms with E-state index < -0.39 is 0 Å². The second-order valence-electron chi connectivity index (χ2n) is 3.92. The summed E-state index contributed by atoms with van der Waals surface area (Å²) in [4.78, 5) is 12.8. The van der Waals surface area contributed by atoms with Crippen LogP contribution in [0.1, 0.15) is 0 Å². The quantitative estimate of drug-likeness (QED) is 0.772. The molecule has 1 N–H and O–H groups in total. The highest BCUT2D eigenvalue weighted by Crippen LogP contribution is 2.17. The molecular weight excluding hydrogens is 236 g/mol. The third-order valence-electron chi connectivity index (χ3n) is 2.58. The molecule has 0 aliphatic heterocycles. The molecule has 1 aromatic carbocycles. The van der Waals surface area contributed by atoms with Crippen LogP contribution in [0.2, 0.25) is 0 Å². The van der Waals surface area contributed by atoms with Gasteiger partial charge in [-0.25, -0.2) is 9.97 Å². The van der Waals surface area contributed by atoms with Crippen LogP contribution in [0.15, 0.2) is 61.1 Å². The second-order valence-corrected chi connectivity index (χ2v) is 3.92. The summed E-state index contributed by atoms with van der Waals surface area (Å²) in [6.45, 7) is 0. The van der Waals surface area contributed by atoms with Gasteiger partial charge >= 0.3 is 0 Å². The van der Waals surface area contributed by atoms with Gasteiger partial charge in [0.15, 0.2) is 0 Å². The van der Waals surface area contributed by atoms with Crippen molar-refractivity contribution in [1.29, 1.82) is 0 Å². The molecule has 4 nitrogen and oxygen atoms in total. The topological polar surface area (TPSA) is 50.7 Å². The second kappa shape index (κ2) is 5.27. The molecule has 3 rings (SSSR count). The van der Waals surface area contributed by atoms with Crippen LogP contribution < -0.4 is 5.32 Å². The molecular formula is C15H11N4. The van der Waals surface area contributed by atoms with Gasteiger partial charge in [-0.1, -0.05) is 12.1 Å². The Labute approximate surface area is 111 Å². The van der Waals surface area contributed by atoms with Crippen molar-refractivity contribution in [2.24, 2.45) is 0 Å². The van der Waals surface area contributed by atoms with E-state index >= 15 is 0 Å². The van der Waals surface area contributed by atoms with Crippen LogP contribution >= 0.6 is 0 Å². The first-order chi connectivity index (χ1) is 9.42. The number of hydrogen-bond acceptors (Lipinski definition) is 4. The van der Waals surface area contributed by atoms with E-state index in [-0.39, 0.29) is 0 Å². The molecule has 2 aromatic heterocycles. The lowest BCUT2D eigenvalue weighted by Crippen LogP contribution is -1.97. The highest BCUT2D eigenvalue weighted by Gasteiger charge is 2.02. The van der Waals surface area contributed by atoms with E-state index in [0.29, 0.717) is 5.95 Å². The van der Waals surface area contributed by atoms with Crippen molar-refractivity contribution in [3.8, 4) is 11.3 Å². The van der Waals surface area contributed by atoms with Gasteiger partial charge in [0.2, 0.25) is 5.95 Å². The Morgan fingerprint density at radius 3 is 2.84 bits per heavy atom. The zero-order chi connectivity index (χ0) is 12.9. The van der Waals surface area contributed by atoms with Crippen molar-refractivity contribution in [1.82, 2.24) is 15.0 Å². The monoisotopic (exact) mass is 247 g/mol. The molecule has 91 valence electrons. The number of anilines is 2. The number of benzene rings is 1. The first-order valence-corrected chi connectivity index (χ1v) is 5.88. The van der Waals surface area contributed by atoms with E-state index in [1.165, 1.54) is 0 Å². The summed E-state index contributed by atoms with van der Waals surface area (Å²) in [5, 5.41) is 3.14. The highest BCUT2D eigenvalue weighted by molar-refractivity contribution is 5.60. The molecule has 0 spiro atoms. The number of hydrogen-bond donors (Lipinski definition) is 1. The largest absolute Gasteiger partial charge is 0.324 e. The van der Waals surface area contributed by atoms with Gasteiger partial charge in [-0.2, -0.15) is 0 Å². The maximum absolute atomic E-state index is 4.46. The van der Waals surface area contributed by atoms with Gasteiger partial charge in [0.05, 0.1) is 5.69 Å². The summed E-state index contributed by atoms with van der Waals surface area (Å²) in [5.74, 6) is 0.556. The molecule has 0 amide bonds. The number of aromatic nitrogens is 3. The molecule has 19 heavy (non-hydrogen) atoms. The lowest BCUT2D eigenvalue weighted by atomic mass is 10.2. The summed E-state index contributed by atoms with van der Waals surface area (Å²) in [7, 11) is 0. The molecule has 0 atom stereocenters. The summed E-state index contributed by atoms with van der Waals surface area (Å²) in [6, 6.07) is 16.3. The SMILES string of the molecule is [c]1cccc(Nc2nccc(-c3cccnc3)n2)c1. The smallest absolute Gasteiger partial charge is 0.227 e. The average Bonchev–Trinajstić information content (AvgIpc) is 2.49. The Hall–Kier alpha value is -2.75. The lowest BCUT2D eigenvalue weighted by Gasteiger charge is -2.06. The minimum absolute atomic E-state index is 0.556. The van der Waals surface area contributed by atoms with Crippen LogP contribution in [0.5, 0.6) is 0 Å². The Bertz CT molecular complexity index is 653. The minimum atomic E-state index is 0.556. The predicted octanol–water partition coefficient (Wildman–Crippen LogP) is 3.08. The molecule has 0 saturated carbocycles. The maximum atomic E-state index is 4.46. The number of nitrogens with one attached hydrogen (secondary N) is 1. The van der Waals surface area contributed by atoms with Crippen LogP contribution in [-0.4, -0.2) is 15.0 Å². The van der Waals surface area contributed by atoms with Gasteiger partial charge in [-0.3, -0.25) is 4.98 Å². The molecule has 0 aliphatic carbocycles. The van der Waals surface area contributed by atoms with Crippen molar-refractivity contribution >= 4 is 11.6 Å². The van der Waals surface area contributed by atoms with Gasteiger partial charge in [0, 0.05) is 29.8 Å². The number of rotatable bonds is 3. The molecule has 3 aromatic rings. The average molecular weight is 247 g/mol. The van der Waals surface area contributed by atoms with Crippen LogP contribution in [-0.2, 0) is 0 Å².